The molecule has 0 unspecified atom stereocenters. The van der Waals surface area contributed by atoms with Gasteiger partial charge in [-0.15, -0.1) is 0 Å². The molecule has 2 aromatic heterocycles. The average Bonchev–Trinajstić information content (AvgIpc) is 2.96. The van der Waals surface area contributed by atoms with Crippen molar-refractivity contribution in [1.29, 1.82) is 0 Å². The van der Waals surface area contributed by atoms with Crippen LogP contribution in [0.4, 0.5) is 0 Å². The van der Waals surface area contributed by atoms with Gasteiger partial charge in [0, 0.05) is 22.3 Å². The van der Waals surface area contributed by atoms with Crippen molar-refractivity contribution in [1.82, 2.24) is 9.38 Å². The first kappa shape index (κ1) is 13.1. The van der Waals surface area contributed by atoms with Crippen molar-refractivity contribution in [2.45, 2.75) is 0 Å². The van der Waals surface area contributed by atoms with Crippen LogP contribution in [0.25, 0.3) is 28.2 Å². The third-order valence-electron chi connectivity index (χ3n) is 3.70. The first-order valence-corrected chi connectivity index (χ1v) is 7.49. The van der Waals surface area contributed by atoms with Crippen LogP contribution in [-0.4, -0.2) is 9.38 Å². The minimum Gasteiger partial charge on any atom is -0.299 e. The number of imidazole rings is 1. The van der Waals surface area contributed by atoms with Crippen molar-refractivity contribution in [2.75, 3.05) is 0 Å². The van der Waals surface area contributed by atoms with Crippen molar-refractivity contribution < 1.29 is 0 Å². The molecule has 2 heterocycles. The normalized spacial score (nSPS) is 11.0. The molecule has 0 atom stereocenters. The van der Waals surface area contributed by atoms with Crippen molar-refractivity contribution in [3.05, 3.63) is 84.0 Å². The highest BCUT2D eigenvalue weighted by Crippen LogP contribution is 2.29. The Balaban J connectivity index is 1.99. The summed E-state index contributed by atoms with van der Waals surface area (Å²) < 4.78 is 2.12. The second-order valence-corrected chi connectivity index (χ2v) is 5.55. The summed E-state index contributed by atoms with van der Waals surface area (Å²) in [5.41, 5.74) is 4.25. The number of rotatable bonds is 2. The zero-order valence-corrected chi connectivity index (χ0v) is 12.5. The summed E-state index contributed by atoms with van der Waals surface area (Å²) in [6.45, 7) is 0. The highest BCUT2D eigenvalue weighted by molar-refractivity contribution is 6.30. The maximum Gasteiger partial charge on any atom is 0.145 e. The van der Waals surface area contributed by atoms with E-state index in [0.717, 1.165) is 33.2 Å². The molecule has 0 aliphatic heterocycles. The van der Waals surface area contributed by atoms with Crippen LogP contribution in [0.5, 0.6) is 0 Å². The first-order valence-electron chi connectivity index (χ1n) is 7.11. The SMILES string of the molecule is Clc1ccc(-c2nc(-c3ccccc3)c3ccccn23)cc1. The highest BCUT2D eigenvalue weighted by atomic mass is 35.5. The summed E-state index contributed by atoms with van der Waals surface area (Å²) in [5, 5.41) is 0.730. The number of hydrogen-bond acceptors (Lipinski definition) is 1. The molecular formula is C19H13ClN2. The van der Waals surface area contributed by atoms with E-state index in [9.17, 15) is 0 Å². The van der Waals surface area contributed by atoms with Gasteiger partial charge in [-0.3, -0.25) is 4.40 Å². The fraction of sp³-hybridized carbons (Fsp3) is 0. The molecule has 0 aliphatic carbocycles. The van der Waals surface area contributed by atoms with E-state index < -0.39 is 0 Å². The Labute approximate surface area is 133 Å². The second kappa shape index (κ2) is 5.32. The predicted octanol–water partition coefficient (Wildman–Crippen LogP) is 5.32. The van der Waals surface area contributed by atoms with Crippen LogP contribution < -0.4 is 0 Å². The molecule has 0 spiro atoms. The van der Waals surface area contributed by atoms with Crippen LogP contribution >= 0.6 is 11.6 Å². The van der Waals surface area contributed by atoms with Gasteiger partial charge in [-0.2, -0.15) is 0 Å². The van der Waals surface area contributed by atoms with E-state index in [1.165, 1.54) is 0 Å². The van der Waals surface area contributed by atoms with Gasteiger partial charge in [0.15, 0.2) is 0 Å². The molecule has 4 aromatic rings. The number of pyridine rings is 1. The topological polar surface area (TPSA) is 17.3 Å². The second-order valence-electron chi connectivity index (χ2n) is 5.11. The fourth-order valence-electron chi connectivity index (χ4n) is 2.65. The van der Waals surface area contributed by atoms with E-state index in [1.807, 2.05) is 60.8 Å². The smallest absolute Gasteiger partial charge is 0.145 e. The monoisotopic (exact) mass is 304 g/mol. The van der Waals surface area contributed by atoms with Crippen LogP contribution in [0.2, 0.25) is 5.02 Å². The molecule has 0 radical (unpaired) electrons. The van der Waals surface area contributed by atoms with E-state index in [4.69, 9.17) is 16.6 Å². The van der Waals surface area contributed by atoms with Gasteiger partial charge in [-0.1, -0.05) is 48.0 Å². The summed E-state index contributed by atoms with van der Waals surface area (Å²) in [7, 11) is 0. The Morgan fingerprint density at radius 2 is 1.45 bits per heavy atom. The van der Waals surface area contributed by atoms with Crippen molar-refractivity contribution in [2.24, 2.45) is 0 Å². The zero-order chi connectivity index (χ0) is 14.9. The molecule has 2 nitrogen and oxygen atoms in total. The molecule has 0 fully saturated rings. The number of aromatic nitrogens is 2. The van der Waals surface area contributed by atoms with Crippen molar-refractivity contribution in [3.8, 4) is 22.6 Å². The molecule has 3 heteroatoms. The van der Waals surface area contributed by atoms with Gasteiger partial charge < -0.3 is 0 Å². The third-order valence-corrected chi connectivity index (χ3v) is 3.95. The highest BCUT2D eigenvalue weighted by Gasteiger charge is 2.13. The Morgan fingerprint density at radius 1 is 0.727 bits per heavy atom. The molecule has 2 aromatic carbocycles. The maximum absolute atomic E-state index is 5.99. The van der Waals surface area contributed by atoms with Gasteiger partial charge in [0.25, 0.3) is 0 Å². The molecule has 22 heavy (non-hydrogen) atoms. The van der Waals surface area contributed by atoms with Gasteiger partial charge in [0.05, 0.1) is 11.2 Å². The van der Waals surface area contributed by atoms with Gasteiger partial charge in [0.2, 0.25) is 0 Å². The third kappa shape index (κ3) is 2.18. The summed E-state index contributed by atoms with van der Waals surface area (Å²) in [4.78, 5) is 4.88. The summed E-state index contributed by atoms with van der Waals surface area (Å²) >= 11 is 5.99. The lowest BCUT2D eigenvalue weighted by molar-refractivity contribution is 1.16. The number of benzene rings is 2. The van der Waals surface area contributed by atoms with E-state index in [2.05, 4.69) is 22.6 Å². The summed E-state index contributed by atoms with van der Waals surface area (Å²) in [5.74, 6) is 0.922. The Kier molecular flexibility index (Phi) is 3.17. The minimum absolute atomic E-state index is 0.730. The van der Waals surface area contributed by atoms with E-state index in [1.54, 1.807) is 0 Å². The molecule has 0 saturated heterocycles. The minimum atomic E-state index is 0.730. The molecule has 0 saturated carbocycles. The average molecular weight is 305 g/mol. The van der Waals surface area contributed by atoms with Crippen LogP contribution in [0.15, 0.2) is 79.0 Å². The number of halogens is 1. The molecule has 106 valence electrons. The standard InChI is InChI=1S/C19H13ClN2/c20-16-11-9-15(10-12-16)19-21-18(14-6-2-1-3-7-14)17-8-4-5-13-22(17)19/h1-13H. The molecule has 0 aliphatic rings. The van der Waals surface area contributed by atoms with Crippen molar-refractivity contribution >= 4 is 17.1 Å². The van der Waals surface area contributed by atoms with E-state index in [0.29, 0.717) is 0 Å². The molecule has 0 bridgehead atoms. The Morgan fingerprint density at radius 3 is 2.23 bits per heavy atom. The largest absolute Gasteiger partial charge is 0.299 e. The Bertz CT molecular complexity index is 925. The number of hydrogen-bond donors (Lipinski definition) is 0. The molecule has 0 N–H and O–H groups in total. The van der Waals surface area contributed by atoms with Crippen LogP contribution in [-0.2, 0) is 0 Å². The van der Waals surface area contributed by atoms with Gasteiger partial charge in [-0.25, -0.2) is 4.98 Å². The predicted molar refractivity (Wildman–Crippen MR) is 91.1 cm³/mol. The van der Waals surface area contributed by atoms with Gasteiger partial charge in [-0.05, 0) is 36.4 Å². The first-order chi connectivity index (χ1) is 10.8. The lowest BCUT2D eigenvalue weighted by Crippen LogP contribution is -1.87. The maximum atomic E-state index is 5.99. The van der Waals surface area contributed by atoms with Crippen LogP contribution in [0.1, 0.15) is 0 Å². The van der Waals surface area contributed by atoms with Gasteiger partial charge >= 0.3 is 0 Å². The van der Waals surface area contributed by atoms with Gasteiger partial charge in [0.1, 0.15) is 5.82 Å². The summed E-state index contributed by atoms with van der Waals surface area (Å²) in [6.07, 6.45) is 2.04. The fourth-order valence-corrected chi connectivity index (χ4v) is 2.77. The molecule has 0 amide bonds. The van der Waals surface area contributed by atoms with E-state index in [-0.39, 0.29) is 0 Å². The zero-order valence-electron chi connectivity index (χ0n) is 11.8. The Hall–Kier alpha value is -2.58. The lowest BCUT2D eigenvalue weighted by Gasteiger charge is -2.01. The number of nitrogens with zero attached hydrogens (tertiary/aromatic N) is 2. The van der Waals surface area contributed by atoms with Crippen molar-refractivity contribution in [3.63, 3.8) is 0 Å². The molecular weight excluding hydrogens is 292 g/mol. The number of fused-ring (bicyclic) bond motifs is 1. The lowest BCUT2D eigenvalue weighted by atomic mass is 10.1. The van der Waals surface area contributed by atoms with E-state index >= 15 is 0 Å². The van der Waals surface area contributed by atoms with Crippen LogP contribution in [0.3, 0.4) is 0 Å². The molecule has 4 rings (SSSR count). The summed E-state index contributed by atoms with van der Waals surface area (Å²) in [6, 6.07) is 24.2. The van der Waals surface area contributed by atoms with Crippen LogP contribution in [0, 0.1) is 0 Å². The quantitative estimate of drug-likeness (QED) is 0.490.